The van der Waals surface area contributed by atoms with Crippen molar-refractivity contribution in [3.8, 4) is 0 Å². The summed E-state index contributed by atoms with van der Waals surface area (Å²) < 4.78 is 96.0. The van der Waals surface area contributed by atoms with Gasteiger partial charge in [0, 0.05) is 5.56 Å². The summed E-state index contributed by atoms with van der Waals surface area (Å²) in [5.41, 5.74) is -5.76. The van der Waals surface area contributed by atoms with E-state index in [2.05, 4.69) is 25.9 Å². The number of thiophene rings is 1. The predicted octanol–water partition coefficient (Wildman–Crippen LogP) is 7.21. The van der Waals surface area contributed by atoms with Crippen LogP contribution >= 0.6 is 38.9 Å². The molecule has 0 bridgehead atoms. The summed E-state index contributed by atoms with van der Waals surface area (Å²) in [6.07, 6.45) is -11.3. The van der Waals surface area contributed by atoms with E-state index in [1.165, 1.54) is 0 Å². The zero-order valence-corrected chi connectivity index (χ0v) is 16.8. The summed E-state index contributed by atoms with van der Waals surface area (Å²) in [6, 6.07) is 1.82. The van der Waals surface area contributed by atoms with Crippen LogP contribution < -0.4 is 0 Å². The van der Waals surface area contributed by atoms with Crippen LogP contribution in [0.1, 0.15) is 28.0 Å². The van der Waals surface area contributed by atoms with Gasteiger partial charge in [0.2, 0.25) is 0 Å². The number of hydrogen-bond acceptors (Lipinski definition) is 3. The molecular formula is C16H8BrClF7NOS. The van der Waals surface area contributed by atoms with Crippen LogP contribution in [0.3, 0.4) is 0 Å². The lowest BCUT2D eigenvalue weighted by atomic mass is 9.86. The van der Waals surface area contributed by atoms with Crippen LogP contribution in [0.2, 0.25) is 5.02 Å². The number of alkyl halides is 6. The second-order valence-corrected chi connectivity index (χ2v) is 8.79. The van der Waals surface area contributed by atoms with Gasteiger partial charge in [-0.05, 0) is 46.6 Å². The van der Waals surface area contributed by atoms with E-state index in [0.29, 0.717) is 8.66 Å². The Balaban J connectivity index is 2.15. The number of hydrogen-bond donors (Lipinski definition) is 0. The van der Waals surface area contributed by atoms with E-state index < -0.39 is 46.3 Å². The molecule has 0 fully saturated rings. The molecule has 1 atom stereocenters. The Labute approximate surface area is 171 Å². The topological polar surface area (TPSA) is 21.6 Å². The SMILES string of the molecule is Cc1cc(C2=NOC(c3cc(C(F)(F)F)cc(Cl)c3F)(C(F)(F)F)C2)sc1Br. The molecule has 0 saturated heterocycles. The van der Waals surface area contributed by atoms with Crippen molar-refractivity contribution in [3.05, 3.63) is 54.4 Å². The van der Waals surface area contributed by atoms with Gasteiger partial charge in [-0.15, -0.1) is 11.3 Å². The van der Waals surface area contributed by atoms with Crippen LogP contribution in [-0.2, 0) is 16.6 Å². The van der Waals surface area contributed by atoms with Crippen LogP contribution in [0, 0.1) is 12.7 Å². The van der Waals surface area contributed by atoms with Crippen molar-refractivity contribution in [2.24, 2.45) is 5.16 Å². The molecule has 12 heteroatoms. The molecule has 0 radical (unpaired) electrons. The summed E-state index contributed by atoms with van der Waals surface area (Å²) in [7, 11) is 0. The molecule has 0 N–H and O–H groups in total. The fourth-order valence-electron chi connectivity index (χ4n) is 2.66. The van der Waals surface area contributed by atoms with Crippen LogP contribution in [-0.4, -0.2) is 11.9 Å². The maximum atomic E-state index is 14.5. The normalized spacial score (nSPS) is 20.3. The van der Waals surface area contributed by atoms with Crippen molar-refractivity contribution in [1.82, 2.24) is 0 Å². The van der Waals surface area contributed by atoms with E-state index in [9.17, 15) is 30.7 Å². The van der Waals surface area contributed by atoms with E-state index in [1.807, 2.05) is 0 Å². The fraction of sp³-hybridized carbons (Fsp3) is 0.312. The van der Waals surface area contributed by atoms with Gasteiger partial charge in [-0.25, -0.2) is 4.39 Å². The maximum Gasteiger partial charge on any atom is 0.435 e. The minimum absolute atomic E-state index is 0.0583. The first-order valence-corrected chi connectivity index (χ1v) is 9.40. The molecular weight excluding hydrogens is 503 g/mol. The summed E-state index contributed by atoms with van der Waals surface area (Å²) in [4.78, 5) is 4.91. The van der Waals surface area contributed by atoms with Crippen molar-refractivity contribution in [1.29, 1.82) is 0 Å². The quantitative estimate of drug-likeness (QED) is 0.391. The smallest absolute Gasteiger partial charge is 0.374 e. The summed E-state index contributed by atoms with van der Waals surface area (Å²) >= 11 is 9.75. The molecule has 152 valence electrons. The van der Waals surface area contributed by atoms with Crippen LogP contribution in [0.15, 0.2) is 27.1 Å². The molecule has 0 saturated carbocycles. The zero-order chi connectivity index (χ0) is 21.1. The summed E-state index contributed by atoms with van der Waals surface area (Å²) in [6.45, 7) is 1.70. The van der Waals surface area contributed by atoms with Crippen LogP contribution in [0.25, 0.3) is 0 Å². The molecule has 1 aromatic carbocycles. The summed E-state index contributed by atoms with van der Waals surface area (Å²) in [5.74, 6) is -1.65. The Morgan fingerprint density at radius 2 is 1.82 bits per heavy atom. The Bertz CT molecular complexity index is 950. The van der Waals surface area contributed by atoms with Gasteiger partial charge in [-0.1, -0.05) is 16.8 Å². The van der Waals surface area contributed by atoms with Crippen molar-refractivity contribution in [2.45, 2.75) is 31.3 Å². The second-order valence-electron chi connectivity index (χ2n) is 6.02. The highest BCUT2D eigenvalue weighted by molar-refractivity contribution is 9.11. The minimum Gasteiger partial charge on any atom is -0.374 e. The minimum atomic E-state index is -5.27. The molecule has 2 aromatic rings. The van der Waals surface area contributed by atoms with Crippen molar-refractivity contribution < 1.29 is 35.6 Å². The van der Waals surface area contributed by atoms with Gasteiger partial charge in [-0.2, -0.15) is 26.3 Å². The lowest BCUT2D eigenvalue weighted by molar-refractivity contribution is -0.276. The molecule has 0 aliphatic carbocycles. The highest BCUT2D eigenvalue weighted by atomic mass is 79.9. The molecule has 0 spiro atoms. The van der Waals surface area contributed by atoms with Crippen LogP contribution in [0.5, 0.6) is 0 Å². The van der Waals surface area contributed by atoms with E-state index in [1.54, 1.807) is 13.0 Å². The van der Waals surface area contributed by atoms with Gasteiger partial charge in [0.15, 0.2) is 0 Å². The first-order chi connectivity index (χ1) is 12.8. The van der Waals surface area contributed by atoms with E-state index in [0.717, 1.165) is 16.9 Å². The number of oxime groups is 1. The number of aryl methyl sites for hydroxylation is 1. The monoisotopic (exact) mass is 509 g/mol. The van der Waals surface area contributed by atoms with Crippen molar-refractivity contribution >= 4 is 44.6 Å². The number of rotatable bonds is 2. The Hall–Kier alpha value is -1.33. The molecule has 1 aromatic heterocycles. The first-order valence-electron chi connectivity index (χ1n) is 7.41. The van der Waals surface area contributed by atoms with Gasteiger partial charge in [-0.3, -0.25) is 0 Å². The van der Waals surface area contributed by atoms with Gasteiger partial charge < -0.3 is 4.84 Å². The van der Waals surface area contributed by atoms with Gasteiger partial charge in [0.1, 0.15) is 11.5 Å². The van der Waals surface area contributed by atoms with Gasteiger partial charge >= 0.3 is 12.4 Å². The molecule has 1 aliphatic heterocycles. The lowest BCUT2D eigenvalue weighted by Crippen LogP contribution is -2.43. The van der Waals surface area contributed by atoms with E-state index >= 15 is 0 Å². The molecule has 28 heavy (non-hydrogen) atoms. The number of halogens is 9. The van der Waals surface area contributed by atoms with Crippen molar-refractivity contribution in [3.63, 3.8) is 0 Å². The molecule has 3 rings (SSSR count). The molecule has 1 unspecified atom stereocenters. The Kier molecular flexibility index (Phi) is 5.25. The van der Waals surface area contributed by atoms with Gasteiger partial charge in [0.25, 0.3) is 5.60 Å². The van der Waals surface area contributed by atoms with E-state index in [4.69, 9.17) is 11.6 Å². The molecule has 2 nitrogen and oxygen atoms in total. The molecule has 0 amide bonds. The first kappa shape index (κ1) is 21.4. The Morgan fingerprint density at radius 3 is 2.32 bits per heavy atom. The average molecular weight is 511 g/mol. The van der Waals surface area contributed by atoms with E-state index in [-0.39, 0.29) is 17.8 Å². The fourth-order valence-corrected chi connectivity index (χ4v) is 4.40. The number of nitrogens with zero attached hydrogens (tertiary/aromatic N) is 1. The number of benzene rings is 1. The maximum absolute atomic E-state index is 14.5. The van der Waals surface area contributed by atoms with Gasteiger partial charge in [0.05, 0.1) is 25.7 Å². The third kappa shape index (κ3) is 3.52. The largest absolute Gasteiger partial charge is 0.435 e. The molecule has 2 heterocycles. The predicted molar refractivity (Wildman–Crippen MR) is 93.1 cm³/mol. The van der Waals surface area contributed by atoms with Crippen molar-refractivity contribution in [2.75, 3.05) is 0 Å². The highest BCUT2D eigenvalue weighted by Crippen LogP contribution is 2.51. The van der Waals surface area contributed by atoms with Crippen LogP contribution in [0.4, 0.5) is 30.7 Å². The second kappa shape index (κ2) is 6.88. The third-order valence-electron chi connectivity index (χ3n) is 4.12. The average Bonchev–Trinajstić information content (AvgIpc) is 3.14. The summed E-state index contributed by atoms with van der Waals surface area (Å²) in [5, 5.41) is 2.32. The zero-order valence-electron chi connectivity index (χ0n) is 13.6. The third-order valence-corrected chi connectivity index (χ3v) is 6.58. The standard InChI is InChI=1S/C16H8BrClF7NOS/c1-6-2-11(28-13(6)17)10-5-14(27-26-10,16(23,24)25)8-3-7(15(20,21)22)4-9(18)12(8)19/h2-4H,5H2,1H3. The lowest BCUT2D eigenvalue weighted by Gasteiger charge is -2.30. The highest BCUT2D eigenvalue weighted by Gasteiger charge is 2.64. The molecule has 1 aliphatic rings. The Morgan fingerprint density at radius 1 is 1.18 bits per heavy atom.